The van der Waals surface area contributed by atoms with Crippen molar-refractivity contribution in [2.75, 3.05) is 6.54 Å². The average molecular weight is 239 g/mol. The number of hydrogen-bond donors (Lipinski definition) is 2. The minimum Gasteiger partial charge on any atom is -0.368 e. The van der Waals surface area contributed by atoms with E-state index in [0.717, 1.165) is 31.8 Å². The van der Waals surface area contributed by atoms with E-state index in [-0.39, 0.29) is 5.91 Å². The highest BCUT2D eigenvalue weighted by Crippen LogP contribution is 2.36. The predicted molar refractivity (Wildman–Crippen MR) is 68.4 cm³/mol. The minimum atomic E-state index is -0.760. The molecule has 4 nitrogen and oxygen atoms in total. The highest BCUT2D eigenvalue weighted by molar-refractivity contribution is 5.84. The fourth-order valence-corrected chi connectivity index (χ4v) is 3.11. The topological polar surface area (TPSA) is 72.3 Å². The van der Waals surface area contributed by atoms with Crippen molar-refractivity contribution in [3.8, 4) is 0 Å². The van der Waals surface area contributed by atoms with Gasteiger partial charge in [0.15, 0.2) is 0 Å². The summed E-state index contributed by atoms with van der Waals surface area (Å²) in [5.74, 6) is -0.325. The molecule has 0 aromatic carbocycles. The Balaban J connectivity index is 2.02. The van der Waals surface area contributed by atoms with Gasteiger partial charge in [0.1, 0.15) is 0 Å². The number of nitrogens with zero attached hydrogens (tertiary/aromatic N) is 1. The highest BCUT2D eigenvalue weighted by atomic mass is 16.1. The van der Waals surface area contributed by atoms with Gasteiger partial charge in [-0.3, -0.25) is 9.69 Å². The lowest BCUT2D eigenvalue weighted by atomic mass is 9.78. The monoisotopic (exact) mass is 239 g/mol. The number of primary amides is 1. The van der Waals surface area contributed by atoms with Crippen molar-refractivity contribution in [1.29, 1.82) is 0 Å². The molecule has 17 heavy (non-hydrogen) atoms. The second-order valence-corrected chi connectivity index (χ2v) is 5.74. The molecule has 1 amide bonds. The normalized spacial score (nSPS) is 33.9. The maximum Gasteiger partial charge on any atom is 0.237 e. The van der Waals surface area contributed by atoms with Gasteiger partial charge in [0.05, 0.1) is 5.54 Å². The number of carbonyl (C=O) groups is 1. The van der Waals surface area contributed by atoms with Crippen molar-refractivity contribution < 1.29 is 4.79 Å². The lowest BCUT2D eigenvalue weighted by molar-refractivity contribution is -0.125. The smallest absolute Gasteiger partial charge is 0.237 e. The number of hydrogen-bond acceptors (Lipinski definition) is 3. The molecule has 4 N–H and O–H groups in total. The van der Waals surface area contributed by atoms with E-state index < -0.39 is 5.54 Å². The molecule has 98 valence electrons. The molecule has 2 atom stereocenters. The molecule has 0 saturated heterocycles. The van der Waals surface area contributed by atoms with Gasteiger partial charge in [-0.1, -0.05) is 6.92 Å². The van der Waals surface area contributed by atoms with Gasteiger partial charge >= 0.3 is 0 Å². The molecule has 2 unspecified atom stereocenters. The predicted octanol–water partition coefficient (Wildman–Crippen LogP) is 0.986. The summed E-state index contributed by atoms with van der Waals surface area (Å²) in [5.41, 5.74) is 10.8. The largest absolute Gasteiger partial charge is 0.368 e. The van der Waals surface area contributed by atoms with Crippen LogP contribution >= 0.6 is 0 Å². The summed E-state index contributed by atoms with van der Waals surface area (Å²) in [6.45, 7) is 3.34. The van der Waals surface area contributed by atoms with Crippen LogP contribution in [0.25, 0.3) is 0 Å². The van der Waals surface area contributed by atoms with Crippen molar-refractivity contribution in [3.63, 3.8) is 0 Å². The highest BCUT2D eigenvalue weighted by Gasteiger charge is 2.42. The van der Waals surface area contributed by atoms with E-state index in [0.29, 0.717) is 6.04 Å². The molecule has 2 aliphatic carbocycles. The van der Waals surface area contributed by atoms with Crippen molar-refractivity contribution in [2.45, 2.75) is 69.5 Å². The second kappa shape index (κ2) is 4.94. The van der Waals surface area contributed by atoms with E-state index >= 15 is 0 Å². The Hall–Kier alpha value is -0.610. The number of nitrogens with two attached hydrogens (primary N) is 2. The zero-order valence-corrected chi connectivity index (χ0v) is 10.8. The van der Waals surface area contributed by atoms with Gasteiger partial charge in [-0.25, -0.2) is 0 Å². The summed E-state index contributed by atoms with van der Waals surface area (Å²) in [4.78, 5) is 14.0. The van der Waals surface area contributed by atoms with Gasteiger partial charge in [-0.15, -0.1) is 0 Å². The van der Waals surface area contributed by atoms with Gasteiger partial charge in [-0.05, 0) is 51.5 Å². The third kappa shape index (κ3) is 2.80. The quantitative estimate of drug-likeness (QED) is 0.751. The van der Waals surface area contributed by atoms with Crippen LogP contribution in [0.3, 0.4) is 0 Å². The van der Waals surface area contributed by atoms with Gasteiger partial charge in [0, 0.05) is 12.1 Å². The second-order valence-electron chi connectivity index (χ2n) is 5.74. The van der Waals surface area contributed by atoms with E-state index in [4.69, 9.17) is 11.5 Å². The summed E-state index contributed by atoms with van der Waals surface area (Å²) in [7, 11) is 0. The number of carbonyl (C=O) groups excluding carboxylic acids is 1. The zero-order valence-electron chi connectivity index (χ0n) is 10.8. The van der Waals surface area contributed by atoms with Gasteiger partial charge in [0.2, 0.25) is 5.91 Å². The summed E-state index contributed by atoms with van der Waals surface area (Å²) in [6.07, 6.45) is 7.48. The van der Waals surface area contributed by atoms with Crippen LogP contribution in [0.4, 0.5) is 0 Å². The fraction of sp³-hybridized carbons (Fsp3) is 0.923. The molecule has 2 aliphatic rings. The lowest BCUT2D eigenvalue weighted by Gasteiger charge is -2.41. The van der Waals surface area contributed by atoms with Crippen molar-refractivity contribution in [3.05, 3.63) is 0 Å². The van der Waals surface area contributed by atoms with E-state index in [9.17, 15) is 4.79 Å². The molecule has 2 fully saturated rings. The maximum absolute atomic E-state index is 11.5. The molecule has 4 heteroatoms. The molecular weight excluding hydrogens is 214 g/mol. The van der Waals surface area contributed by atoms with Crippen LogP contribution in [-0.2, 0) is 4.79 Å². The Kier molecular flexibility index (Phi) is 3.73. The Bertz CT molecular complexity index is 290. The van der Waals surface area contributed by atoms with Crippen molar-refractivity contribution in [1.82, 2.24) is 4.90 Å². The first-order valence-electron chi connectivity index (χ1n) is 6.91. The Morgan fingerprint density at radius 1 is 1.35 bits per heavy atom. The van der Waals surface area contributed by atoms with Crippen LogP contribution in [0.15, 0.2) is 0 Å². The molecule has 0 radical (unpaired) electrons. The van der Waals surface area contributed by atoms with E-state index in [2.05, 4.69) is 11.8 Å². The molecule has 0 aliphatic heterocycles. The van der Waals surface area contributed by atoms with Crippen LogP contribution in [-0.4, -0.2) is 35.0 Å². The summed E-state index contributed by atoms with van der Waals surface area (Å²) < 4.78 is 0. The Morgan fingerprint density at radius 2 is 2.06 bits per heavy atom. The van der Waals surface area contributed by atoms with Gasteiger partial charge in [0.25, 0.3) is 0 Å². The third-order valence-corrected chi connectivity index (χ3v) is 4.22. The molecule has 2 saturated carbocycles. The number of amides is 1. The Labute approximate surface area is 104 Å². The van der Waals surface area contributed by atoms with Crippen LogP contribution < -0.4 is 11.5 Å². The van der Waals surface area contributed by atoms with E-state index in [1.165, 1.54) is 25.7 Å². The molecule has 0 spiro atoms. The maximum atomic E-state index is 11.5. The van der Waals surface area contributed by atoms with Crippen molar-refractivity contribution in [2.24, 2.45) is 11.5 Å². The molecule has 0 heterocycles. The number of rotatable bonds is 5. The zero-order chi connectivity index (χ0) is 12.5. The summed E-state index contributed by atoms with van der Waals surface area (Å²) in [5, 5.41) is 0. The van der Waals surface area contributed by atoms with E-state index in [1.807, 2.05) is 0 Å². The first-order valence-corrected chi connectivity index (χ1v) is 6.91. The first kappa shape index (κ1) is 12.8. The van der Waals surface area contributed by atoms with E-state index in [1.54, 1.807) is 0 Å². The molecule has 0 aromatic rings. The van der Waals surface area contributed by atoms with Crippen molar-refractivity contribution >= 4 is 5.91 Å². The van der Waals surface area contributed by atoms with Crippen LogP contribution in [0.2, 0.25) is 0 Å². The minimum absolute atomic E-state index is 0.325. The molecular formula is C13H25N3O. The van der Waals surface area contributed by atoms with Gasteiger partial charge in [-0.2, -0.15) is 0 Å². The standard InChI is InChI=1S/C13H25N3O/c1-2-8-16(10-5-6-10)11-4-3-7-13(15,9-11)12(14)17/h10-11H,2-9,15H2,1H3,(H2,14,17). The Morgan fingerprint density at radius 3 is 2.59 bits per heavy atom. The average Bonchev–Trinajstić information content (AvgIpc) is 3.09. The SMILES string of the molecule is CCCN(C1CC1)C1CCCC(N)(C(N)=O)C1. The van der Waals surface area contributed by atoms with Crippen LogP contribution in [0.5, 0.6) is 0 Å². The molecule has 0 aromatic heterocycles. The molecule has 0 bridgehead atoms. The van der Waals surface area contributed by atoms with Crippen LogP contribution in [0, 0.1) is 0 Å². The van der Waals surface area contributed by atoms with Gasteiger partial charge < -0.3 is 11.5 Å². The van der Waals surface area contributed by atoms with Crippen LogP contribution in [0.1, 0.15) is 51.9 Å². The molecule has 2 rings (SSSR count). The lowest BCUT2D eigenvalue weighted by Crippen LogP contribution is -2.58. The summed E-state index contributed by atoms with van der Waals surface area (Å²) in [6, 6.07) is 1.21. The third-order valence-electron chi connectivity index (χ3n) is 4.22. The summed E-state index contributed by atoms with van der Waals surface area (Å²) >= 11 is 0. The first-order chi connectivity index (χ1) is 8.07. The fourth-order valence-electron chi connectivity index (χ4n) is 3.11.